The van der Waals surface area contributed by atoms with E-state index in [-0.39, 0.29) is 0 Å². The second kappa shape index (κ2) is 9.93. The van der Waals surface area contributed by atoms with E-state index in [4.69, 9.17) is 4.74 Å². The zero-order valence-corrected chi connectivity index (χ0v) is 14.3. The van der Waals surface area contributed by atoms with Crippen molar-refractivity contribution >= 4 is 0 Å². The van der Waals surface area contributed by atoms with E-state index in [0.29, 0.717) is 18.0 Å². The summed E-state index contributed by atoms with van der Waals surface area (Å²) >= 11 is 0. The maximum atomic E-state index is 5.34. The number of hydrogen-bond acceptors (Lipinski definition) is 3. The smallest absolute Gasteiger partial charge is 0.0618 e. The molecule has 1 aromatic rings. The average molecular weight is 292 g/mol. The van der Waals surface area contributed by atoms with Crippen LogP contribution in [-0.4, -0.2) is 44.3 Å². The third-order valence-electron chi connectivity index (χ3n) is 4.16. The molecule has 0 heterocycles. The Morgan fingerprint density at radius 3 is 2.19 bits per heavy atom. The normalized spacial score (nSPS) is 14.6. The van der Waals surface area contributed by atoms with Gasteiger partial charge in [-0.1, -0.05) is 58.0 Å². The molecule has 120 valence electrons. The third-order valence-corrected chi connectivity index (χ3v) is 4.16. The fourth-order valence-electron chi connectivity index (χ4n) is 2.73. The summed E-state index contributed by atoms with van der Waals surface area (Å²) in [4.78, 5) is 2.51. The number of nitrogens with one attached hydrogen (secondary N) is 1. The number of rotatable bonds is 10. The molecule has 0 aliphatic carbocycles. The summed E-state index contributed by atoms with van der Waals surface area (Å²) in [5.74, 6) is 0.568. The summed E-state index contributed by atoms with van der Waals surface area (Å²) in [7, 11) is 1.77. The van der Waals surface area contributed by atoms with E-state index < -0.39 is 0 Å². The van der Waals surface area contributed by atoms with Crippen molar-refractivity contribution in [3.05, 3.63) is 35.9 Å². The van der Waals surface area contributed by atoms with Gasteiger partial charge in [0.15, 0.2) is 0 Å². The maximum Gasteiger partial charge on any atom is 0.0618 e. The molecule has 0 fully saturated rings. The van der Waals surface area contributed by atoms with Gasteiger partial charge in [-0.3, -0.25) is 4.90 Å². The molecular formula is C18H32N2O. The first kappa shape index (κ1) is 18.1. The molecular weight excluding hydrogens is 260 g/mol. The van der Waals surface area contributed by atoms with Crippen molar-refractivity contribution < 1.29 is 4.74 Å². The van der Waals surface area contributed by atoms with Crippen LogP contribution in [0.2, 0.25) is 0 Å². The first-order chi connectivity index (χ1) is 10.1. The van der Waals surface area contributed by atoms with Gasteiger partial charge in [-0.2, -0.15) is 0 Å². The molecule has 1 N–H and O–H groups in total. The van der Waals surface area contributed by atoms with E-state index in [2.05, 4.69) is 68.2 Å². The van der Waals surface area contributed by atoms with Crippen molar-refractivity contribution in [2.75, 3.05) is 33.4 Å². The molecule has 3 nitrogen and oxygen atoms in total. The van der Waals surface area contributed by atoms with Gasteiger partial charge in [-0.15, -0.1) is 0 Å². The molecule has 0 amide bonds. The third kappa shape index (κ3) is 5.77. The number of nitrogens with zero attached hydrogens (tertiary/aromatic N) is 1. The van der Waals surface area contributed by atoms with E-state index in [1.54, 1.807) is 7.11 Å². The number of methoxy groups -OCH3 is 1. The van der Waals surface area contributed by atoms with E-state index in [1.807, 2.05) is 0 Å². The van der Waals surface area contributed by atoms with Gasteiger partial charge in [-0.05, 0) is 24.6 Å². The van der Waals surface area contributed by atoms with Crippen molar-refractivity contribution in [3.63, 3.8) is 0 Å². The van der Waals surface area contributed by atoms with Gasteiger partial charge in [0.25, 0.3) is 0 Å². The maximum absolute atomic E-state index is 5.34. The minimum absolute atomic E-state index is 0.400. The van der Waals surface area contributed by atoms with Gasteiger partial charge in [0.05, 0.1) is 6.61 Å². The van der Waals surface area contributed by atoms with Gasteiger partial charge in [-0.25, -0.2) is 0 Å². The first-order valence-corrected chi connectivity index (χ1v) is 8.15. The van der Waals surface area contributed by atoms with Crippen molar-refractivity contribution in [2.24, 2.45) is 5.92 Å². The summed E-state index contributed by atoms with van der Waals surface area (Å²) in [5, 5.41) is 3.70. The largest absolute Gasteiger partial charge is 0.383 e. The van der Waals surface area contributed by atoms with Crippen molar-refractivity contribution in [2.45, 2.75) is 39.8 Å². The predicted molar refractivity (Wildman–Crippen MR) is 90.6 cm³/mol. The second-order valence-corrected chi connectivity index (χ2v) is 5.86. The standard InChI is InChI=1S/C18H32N2O/c1-6-20(7-2)18(16-11-9-8-10-12-16)13-19-17(14-21-5)15(3)4/h8-12,15,17-19H,6-7,13-14H2,1-5H3. The van der Waals surface area contributed by atoms with Crippen LogP contribution >= 0.6 is 0 Å². The van der Waals surface area contributed by atoms with Crippen molar-refractivity contribution in [3.8, 4) is 0 Å². The van der Waals surface area contributed by atoms with Gasteiger partial charge in [0.1, 0.15) is 0 Å². The molecule has 0 aromatic heterocycles. The van der Waals surface area contributed by atoms with Gasteiger partial charge in [0, 0.05) is 25.7 Å². The first-order valence-electron chi connectivity index (χ1n) is 8.15. The van der Waals surface area contributed by atoms with Crippen LogP contribution in [-0.2, 0) is 4.74 Å². The topological polar surface area (TPSA) is 24.5 Å². The average Bonchev–Trinajstić information content (AvgIpc) is 2.50. The van der Waals surface area contributed by atoms with E-state index in [1.165, 1.54) is 5.56 Å². The molecule has 0 spiro atoms. The Balaban J connectivity index is 2.78. The molecule has 0 saturated heterocycles. The molecule has 2 atom stereocenters. The number of benzene rings is 1. The Hall–Kier alpha value is -0.900. The highest BCUT2D eigenvalue weighted by Crippen LogP contribution is 2.20. The fraction of sp³-hybridized carbons (Fsp3) is 0.667. The number of likely N-dealkylation sites (N-methyl/N-ethyl adjacent to an activating group) is 1. The van der Waals surface area contributed by atoms with Crippen molar-refractivity contribution in [1.82, 2.24) is 10.2 Å². The van der Waals surface area contributed by atoms with Gasteiger partial charge >= 0.3 is 0 Å². The van der Waals surface area contributed by atoms with Crippen LogP contribution in [0, 0.1) is 5.92 Å². The molecule has 0 saturated carbocycles. The monoisotopic (exact) mass is 292 g/mol. The molecule has 3 heteroatoms. The Bertz CT molecular complexity index is 363. The van der Waals surface area contributed by atoms with Crippen LogP contribution in [0.4, 0.5) is 0 Å². The summed E-state index contributed by atoms with van der Waals surface area (Å²) in [6.45, 7) is 12.8. The van der Waals surface area contributed by atoms with E-state index >= 15 is 0 Å². The highest BCUT2D eigenvalue weighted by Gasteiger charge is 2.20. The SMILES string of the molecule is CCN(CC)C(CNC(COC)C(C)C)c1ccccc1. The number of ether oxygens (including phenoxy) is 1. The highest BCUT2D eigenvalue weighted by atomic mass is 16.5. The Morgan fingerprint density at radius 2 is 1.71 bits per heavy atom. The lowest BCUT2D eigenvalue weighted by atomic mass is 10.0. The molecule has 0 aliphatic rings. The van der Waals surface area contributed by atoms with Crippen LogP contribution < -0.4 is 5.32 Å². The Kier molecular flexibility index (Phi) is 8.58. The van der Waals surface area contributed by atoms with Crippen LogP contribution in [0.25, 0.3) is 0 Å². The summed E-state index contributed by atoms with van der Waals surface area (Å²) < 4.78 is 5.34. The van der Waals surface area contributed by atoms with Crippen molar-refractivity contribution in [1.29, 1.82) is 0 Å². The minimum Gasteiger partial charge on any atom is -0.383 e. The fourth-order valence-corrected chi connectivity index (χ4v) is 2.73. The Morgan fingerprint density at radius 1 is 1.10 bits per heavy atom. The summed E-state index contributed by atoms with van der Waals surface area (Å²) in [5.41, 5.74) is 1.38. The summed E-state index contributed by atoms with van der Waals surface area (Å²) in [6, 6.07) is 11.6. The predicted octanol–water partition coefficient (Wildman–Crippen LogP) is 3.33. The molecule has 0 radical (unpaired) electrons. The number of hydrogen-bond donors (Lipinski definition) is 1. The summed E-state index contributed by atoms with van der Waals surface area (Å²) in [6.07, 6.45) is 0. The van der Waals surface area contributed by atoms with E-state index in [0.717, 1.165) is 26.2 Å². The second-order valence-electron chi connectivity index (χ2n) is 5.86. The molecule has 0 aliphatic heterocycles. The lowest BCUT2D eigenvalue weighted by Gasteiger charge is -2.32. The lowest BCUT2D eigenvalue weighted by Crippen LogP contribution is -2.43. The molecule has 1 rings (SSSR count). The van der Waals surface area contributed by atoms with Crippen LogP contribution in [0.15, 0.2) is 30.3 Å². The quantitative estimate of drug-likeness (QED) is 0.716. The molecule has 0 bridgehead atoms. The zero-order chi connectivity index (χ0) is 15.7. The molecule has 2 unspecified atom stereocenters. The zero-order valence-electron chi connectivity index (χ0n) is 14.3. The van der Waals surface area contributed by atoms with Crippen LogP contribution in [0.3, 0.4) is 0 Å². The van der Waals surface area contributed by atoms with Gasteiger partial charge in [0.2, 0.25) is 0 Å². The van der Waals surface area contributed by atoms with Crippen LogP contribution in [0.5, 0.6) is 0 Å². The van der Waals surface area contributed by atoms with Gasteiger partial charge < -0.3 is 10.1 Å². The minimum atomic E-state index is 0.400. The Labute approximate surface area is 130 Å². The van der Waals surface area contributed by atoms with Crippen LogP contribution in [0.1, 0.15) is 39.3 Å². The lowest BCUT2D eigenvalue weighted by molar-refractivity contribution is 0.135. The molecule has 1 aromatic carbocycles. The molecule has 21 heavy (non-hydrogen) atoms. The van der Waals surface area contributed by atoms with E-state index in [9.17, 15) is 0 Å². The highest BCUT2D eigenvalue weighted by molar-refractivity contribution is 5.19.